The molecule has 4 aliphatic rings. The quantitative estimate of drug-likeness (QED) is 0.513. The minimum Gasteiger partial charge on any atom is -0.342 e. The van der Waals surface area contributed by atoms with E-state index in [0.717, 1.165) is 24.7 Å². The lowest BCUT2D eigenvalue weighted by Gasteiger charge is -2.55. The van der Waals surface area contributed by atoms with Gasteiger partial charge in [-0.2, -0.15) is 0 Å². The van der Waals surface area contributed by atoms with Gasteiger partial charge in [0.05, 0.1) is 0 Å². The molecule has 0 bridgehead atoms. The van der Waals surface area contributed by atoms with Gasteiger partial charge in [-0.3, -0.25) is 0 Å². The summed E-state index contributed by atoms with van der Waals surface area (Å²) in [5.74, 6) is 6.53. The van der Waals surface area contributed by atoms with E-state index in [1.54, 1.807) is 0 Å². The van der Waals surface area contributed by atoms with Gasteiger partial charge in [-0.1, -0.05) is 25.2 Å². The molecule has 0 aliphatic heterocycles. The van der Waals surface area contributed by atoms with Crippen molar-refractivity contribution in [2.75, 3.05) is 0 Å². The molecule has 6 atom stereocenters. The van der Waals surface area contributed by atoms with Crippen molar-refractivity contribution in [3.63, 3.8) is 0 Å². The first-order valence-electron chi connectivity index (χ1n) is 8.70. The molecule has 3 saturated carbocycles. The van der Waals surface area contributed by atoms with Crippen molar-refractivity contribution in [2.45, 2.75) is 63.8 Å². The van der Waals surface area contributed by atoms with Crippen molar-refractivity contribution in [2.24, 2.45) is 35.0 Å². The van der Waals surface area contributed by atoms with Gasteiger partial charge >= 0.3 is 0 Å². The smallest absolute Gasteiger partial charge is 0.293 e. The van der Waals surface area contributed by atoms with Crippen LogP contribution in [0, 0.1) is 46.8 Å². The van der Waals surface area contributed by atoms with Gasteiger partial charge < -0.3 is 15.3 Å². The Kier molecular flexibility index (Phi) is 3.16. The van der Waals surface area contributed by atoms with E-state index in [9.17, 15) is 15.3 Å². The van der Waals surface area contributed by atoms with E-state index in [1.807, 2.05) is 0 Å². The fourth-order valence-electron chi connectivity index (χ4n) is 6.27. The van der Waals surface area contributed by atoms with Gasteiger partial charge in [-0.25, -0.2) is 0 Å². The molecule has 0 radical (unpaired) electrons. The van der Waals surface area contributed by atoms with Crippen LogP contribution in [0.5, 0.6) is 0 Å². The monoisotopic (exact) mass is 290 g/mol. The molecule has 3 heteroatoms. The Labute approximate surface area is 126 Å². The van der Waals surface area contributed by atoms with Crippen molar-refractivity contribution in [1.82, 2.24) is 0 Å². The van der Waals surface area contributed by atoms with Crippen LogP contribution in [0.2, 0.25) is 0 Å². The Morgan fingerprint density at radius 1 is 0.857 bits per heavy atom. The molecule has 3 fully saturated rings. The van der Waals surface area contributed by atoms with Crippen molar-refractivity contribution in [1.29, 1.82) is 0 Å². The maximum Gasteiger partial charge on any atom is 0.293 e. The van der Waals surface area contributed by atoms with Crippen LogP contribution in [0.3, 0.4) is 0 Å². The van der Waals surface area contributed by atoms with Crippen molar-refractivity contribution in [3.05, 3.63) is 0 Å². The summed E-state index contributed by atoms with van der Waals surface area (Å²) in [6, 6.07) is 0. The molecule has 0 aromatic heterocycles. The van der Waals surface area contributed by atoms with Crippen LogP contribution in [0.15, 0.2) is 0 Å². The minimum atomic E-state index is -2.64. The van der Waals surface area contributed by atoms with Crippen LogP contribution in [0.4, 0.5) is 0 Å². The van der Waals surface area contributed by atoms with Crippen LogP contribution in [0.25, 0.3) is 0 Å². The lowest BCUT2D eigenvalue weighted by Crippen LogP contribution is -2.57. The molecule has 0 aromatic carbocycles. The van der Waals surface area contributed by atoms with E-state index in [4.69, 9.17) is 0 Å². The summed E-state index contributed by atoms with van der Waals surface area (Å²) in [5.41, 5.74) is -0.990. The summed E-state index contributed by atoms with van der Waals surface area (Å²) in [6.07, 6.45) is 10.3. The predicted molar refractivity (Wildman–Crippen MR) is 78.6 cm³/mol. The maximum absolute atomic E-state index is 9.93. The Morgan fingerprint density at radius 3 is 2.48 bits per heavy atom. The Bertz CT molecular complexity index is 483. The third-order valence-electron chi connectivity index (χ3n) is 7.19. The van der Waals surface area contributed by atoms with Gasteiger partial charge in [0, 0.05) is 6.42 Å². The first-order valence-corrected chi connectivity index (χ1v) is 8.70. The molecular formula is C18H26O3. The van der Waals surface area contributed by atoms with Crippen molar-refractivity contribution in [3.8, 4) is 11.8 Å². The van der Waals surface area contributed by atoms with Crippen LogP contribution in [0.1, 0.15) is 57.8 Å². The zero-order valence-electron chi connectivity index (χ0n) is 12.6. The van der Waals surface area contributed by atoms with Crippen LogP contribution >= 0.6 is 0 Å². The molecule has 0 heterocycles. The number of hydrogen-bond acceptors (Lipinski definition) is 3. The van der Waals surface area contributed by atoms with Crippen molar-refractivity contribution >= 4 is 0 Å². The average molecular weight is 290 g/mol. The van der Waals surface area contributed by atoms with Gasteiger partial charge in [0.2, 0.25) is 0 Å². The molecule has 116 valence electrons. The molecule has 21 heavy (non-hydrogen) atoms. The van der Waals surface area contributed by atoms with Gasteiger partial charge in [0.1, 0.15) is 5.41 Å². The van der Waals surface area contributed by atoms with E-state index in [-0.39, 0.29) is 5.92 Å². The van der Waals surface area contributed by atoms with Gasteiger partial charge in [-0.15, -0.1) is 5.92 Å². The average Bonchev–Trinajstić information content (AvgIpc) is 2.92. The van der Waals surface area contributed by atoms with Crippen LogP contribution < -0.4 is 0 Å². The van der Waals surface area contributed by atoms with Gasteiger partial charge in [0.25, 0.3) is 5.97 Å². The highest BCUT2D eigenvalue weighted by molar-refractivity contribution is 5.27. The normalized spacial score (nSPS) is 48.6. The molecule has 0 aromatic rings. The maximum atomic E-state index is 9.93. The van der Waals surface area contributed by atoms with Crippen LogP contribution in [-0.2, 0) is 0 Å². The number of fused-ring (bicyclic) bond motifs is 5. The molecule has 1 unspecified atom stereocenters. The zero-order chi connectivity index (χ0) is 14.7. The second-order valence-electron chi connectivity index (χ2n) is 7.87. The van der Waals surface area contributed by atoms with E-state index >= 15 is 0 Å². The van der Waals surface area contributed by atoms with E-state index in [0.29, 0.717) is 18.3 Å². The Balaban J connectivity index is 1.63. The summed E-state index contributed by atoms with van der Waals surface area (Å²) in [4.78, 5) is 0. The fourth-order valence-corrected chi connectivity index (χ4v) is 6.27. The molecule has 0 spiro atoms. The summed E-state index contributed by atoms with van der Waals surface area (Å²) in [6.45, 7) is 0. The Morgan fingerprint density at radius 2 is 1.67 bits per heavy atom. The van der Waals surface area contributed by atoms with Crippen molar-refractivity contribution < 1.29 is 15.3 Å². The predicted octanol–water partition coefficient (Wildman–Crippen LogP) is 2.25. The standard InChI is InChI=1S/C18H26O3/c19-18(20,21)17-10-3-6-16(17)15-8-7-12-4-1-2-5-13(12)14(15)9-11-17/h12-16,19-21H,1-2,4-9,11H2/t12?,13-,14+,15+,16-,17+/m0/s1. The number of hydrogen-bond donors (Lipinski definition) is 3. The summed E-state index contributed by atoms with van der Waals surface area (Å²) >= 11 is 0. The first-order chi connectivity index (χ1) is 10.0. The first kappa shape index (κ1) is 14.1. The van der Waals surface area contributed by atoms with Gasteiger partial charge in [-0.05, 0) is 61.7 Å². The second-order valence-corrected chi connectivity index (χ2v) is 7.87. The summed E-state index contributed by atoms with van der Waals surface area (Å²) in [5, 5.41) is 29.8. The molecule has 0 saturated heterocycles. The largest absolute Gasteiger partial charge is 0.342 e. The highest BCUT2D eigenvalue weighted by Gasteiger charge is 2.62. The molecule has 3 nitrogen and oxygen atoms in total. The molecule has 4 rings (SSSR count). The lowest BCUT2D eigenvalue weighted by molar-refractivity contribution is -0.379. The van der Waals surface area contributed by atoms with Crippen LogP contribution in [-0.4, -0.2) is 21.3 Å². The zero-order valence-corrected chi connectivity index (χ0v) is 12.6. The number of aliphatic hydroxyl groups is 3. The highest BCUT2D eigenvalue weighted by Crippen LogP contribution is 2.61. The summed E-state index contributed by atoms with van der Waals surface area (Å²) in [7, 11) is 0. The minimum absolute atomic E-state index is 0.110. The third kappa shape index (κ3) is 1.92. The molecule has 0 amide bonds. The van der Waals surface area contributed by atoms with E-state index in [1.165, 1.54) is 38.5 Å². The van der Waals surface area contributed by atoms with E-state index < -0.39 is 11.4 Å². The second kappa shape index (κ2) is 4.72. The fraction of sp³-hybridized carbons (Fsp3) is 0.889. The molecular weight excluding hydrogens is 264 g/mol. The number of rotatable bonds is 1. The van der Waals surface area contributed by atoms with E-state index in [2.05, 4.69) is 11.8 Å². The topological polar surface area (TPSA) is 60.7 Å². The molecule has 4 aliphatic carbocycles. The highest BCUT2D eigenvalue weighted by atomic mass is 16.7. The molecule has 3 N–H and O–H groups in total. The van der Waals surface area contributed by atoms with Gasteiger partial charge in [0.15, 0.2) is 0 Å². The SMILES string of the molecule is OC(O)(O)[C@@]12C#CC[C@H]1[C@@H]1CCC3CCCC[C@@H]3[C@H]1CC2. The third-order valence-corrected chi connectivity index (χ3v) is 7.19. The Hall–Kier alpha value is -0.560. The lowest BCUT2D eigenvalue weighted by atomic mass is 9.49. The summed E-state index contributed by atoms with van der Waals surface area (Å²) < 4.78 is 0.